The first-order valence-corrected chi connectivity index (χ1v) is 5.00. The minimum absolute atomic E-state index is 0.152. The monoisotopic (exact) mass is 188 g/mol. The van der Waals surface area contributed by atoms with Crippen molar-refractivity contribution < 1.29 is 0 Å². The lowest BCUT2D eigenvalue weighted by atomic mass is 9.99. The van der Waals surface area contributed by atoms with Gasteiger partial charge in [0.1, 0.15) is 0 Å². The zero-order valence-corrected chi connectivity index (χ0v) is 8.46. The second kappa shape index (κ2) is 3.95. The number of aryl methyl sites for hydroxylation is 1. The standard InChI is InChI=1S/C12H16N2/c1-9-3-2-4-10(5-9)11-6-12(13)8-14-7-11/h2-6,12,14H,7-8,13H2,1H3. The maximum Gasteiger partial charge on any atom is 0.0357 e. The molecule has 74 valence electrons. The van der Waals surface area contributed by atoms with Crippen molar-refractivity contribution >= 4 is 5.57 Å². The number of nitrogens with one attached hydrogen (secondary N) is 1. The van der Waals surface area contributed by atoms with Crippen LogP contribution >= 0.6 is 0 Å². The second-order valence-corrected chi connectivity index (χ2v) is 3.86. The average Bonchev–Trinajstić information content (AvgIpc) is 2.18. The summed E-state index contributed by atoms with van der Waals surface area (Å²) in [5.74, 6) is 0. The lowest BCUT2D eigenvalue weighted by molar-refractivity contribution is 0.663. The molecule has 0 fully saturated rings. The van der Waals surface area contributed by atoms with E-state index in [4.69, 9.17) is 5.73 Å². The van der Waals surface area contributed by atoms with E-state index >= 15 is 0 Å². The van der Waals surface area contributed by atoms with Crippen LogP contribution in [0.15, 0.2) is 30.3 Å². The van der Waals surface area contributed by atoms with Crippen LogP contribution < -0.4 is 11.1 Å². The van der Waals surface area contributed by atoms with Gasteiger partial charge in [-0.2, -0.15) is 0 Å². The van der Waals surface area contributed by atoms with Crippen LogP contribution in [0, 0.1) is 6.92 Å². The van der Waals surface area contributed by atoms with Crippen LogP contribution in [0.4, 0.5) is 0 Å². The molecule has 1 atom stereocenters. The van der Waals surface area contributed by atoms with Gasteiger partial charge < -0.3 is 11.1 Å². The summed E-state index contributed by atoms with van der Waals surface area (Å²) in [5.41, 5.74) is 9.75. The maximum absolute atomic E-state index is 5.86. The molecule has 0 radical (unpaired) electrons. The summed E-state index contributed by atoms with van der Waals surface area (Å²) in [6.07, 6.45) is 2.16. The Labute approximate surface area is 84.8 Å². The summed E-state index contributed by atoms with van der Waals surface area (Å²) in [6.45, 7) is 3.92. The molecule has 0 bridgehead atoms. The molecular formula is C12H16N2. The lowest BCUT2D eigenvalue weighted by Crippen LogP contribution is -2.37. The van der Waals surface area contributed by atoms with Crippen molar-refractivity contribution in [2.75, 3.05) is 13.1 Å². The largest absolute Gasteiger partial charge is 0.323 e. The van der Waals surface area contributed by atoms with Crippen molar-refractivity contribution in [3.05, 3.63) is 41.5 Å². The minimum Gasteiger partial charge on any atom is -0.323 e. The molecule has 2 heteroatoms. The molecular weight excluding hydrogens is 172 g/mol. The normalized spacial score (nSPS) is 21.9. The van der Waals surface area contributed by atoms with E-state index in [-0.39, 0.29) is 6.04 Å². The quantitative estimate of drug-likeness (QED) is 0.697. The summed E-state index contributed by atoms with van der Waals surface area (Å²) in [5, 5.41) is 3.31. The Bertz CT molecular complexity index is 355. The predicted octanol–water partition coefficient (Wildman–Crippen LogP) is 1.31. The first-order valence-electron chi connectivity index (χ1n) is 5.00. The van der Waals surface area contributed by atoms with E-state index in [2.05, 4.69) is 42.6 Å². The zero-order valence-electron chi connectivity index (χ0n) is 8.46. The van der Waals surface area contributed by atoms with E-state index in [0.29, 0.717) is 0 Å². The van der Waals surface area contributed by atoms with E-state index < -0.39 is 0 Å². The fourth-order valence-electron chi connectivity index (χ4n) is 1.79. The highest BCUT2D eigenvalue weighted by molar-refractivity contribution is 5.68. The number of nitrogens with two attached hydrogens (primary N) is 1. The summed E-state index contributed by atoms with van der Waals surface area (Å²) in [7, 11) is 0. The van der Waals surface area contributed by atoms with Crippen LogP contribution in [0.1, 0.15) is 11.1 Å². The molecule has 1 aliphatic rings. The molecule has 0 saturated heterocycles. The molecule has 0 spiro atoms. The molecule has 1 unspecified atom stereocenters. The van der Waals surface area contributed by atoms with Gasteiger partial charge in [-0.1, -0.05) is 35.9 Å². The number of rotatable bonds is 1. The third-order valence-electron chi connectivity index (χ3n) is 2.50. The van der Waals surface area contributed by atoms with Gasteiger partial charge in [0.05, 0.1) is 0 Å². The zero-order chi connectivity index (χ0) is 9.97. The van der Waals surface area contributed by atoms with Crippen molar-refractivity contribution in [1.29, 1.82) is 0 Å². The Morgan fingerprint density at radius 2 is 2.29 bits per heavy atom. The summed E-state index contributed by atoms with van der Waals surface area (Å²) in [6, 6.07) is 8.69. The molecule has 0 saturated carbocycles. The van der Waals surface area contributed by atoms with Crippen LogP contribution in [0.2, 0.25) is 0 Å². The molecule has 3 N–H and O–H groups in total. The van der Waals surface area contributed by atoms with Crippen LogP contribution in [0.25, 0.3) is 5.57 Å². The Morgan fingerprint density at radius 1 is 1.43 bits per heavy atom. The molecule has 0 amide bonds. The van der Waals surface area contributed by atoms with Gasteiger partial charge in [-0.25, -0.2) is 0 Å². The Kier molecular flexibility index (Phi) is 2.66. The molecule has 2 rings (SSSR count). The van der Waals surface area contributed by atoms with E-state index in [0.717, 1.165) is 13.1 Å². The van der Waals surface area contributed by atoms with Gasteiger partial charge in [-0.3, -0.25) is 0 Å². The number of hydrogen-bond donors (Lipinski definition) is 2. The van der Waals surface area contributed by atoms with Crippen LogP contribution in [-0.2, 0) is 0 Å². The molecule has 0 aliphatic carbocycles. The first kappa shape index (κ1) is 9.44. The van der Waals surface area contributed by atoms with Crippen molar-refractivity contribution in [2.45, 2.75) is 13.0 Å². The van der Waals surface area contributed by atoms with Crippen molar-refractivity contribution in [2.24, 2.45) is 5.73 Å². The smallest absolute Gasteiger partial charge is 0.0357 e. The highest BCUT2D eigenvalue weighted by Crippen LogP contribution is 2.17. The second-order valence-electron chi connectivity index (χ2n) is 3.86. The molecule has 1 aliphatic heterocycles. The van der Waals surface area contributed by atoms with Crippen molar-refractivity contribution in [1.82, 2.24) is 5.32 Å². The maximum atomic E-state index is 5.86. The van der Waals surface area contributed by atoms with Gasteiger partial charge in [-0.15, -0.1) is 0 Å². The molecule has 0 aromatic heterocycles. The van der Waals surface area contributed by atoms with Gasteiger partial charge in [0.25, 0.3) is 0 Å². The van der Waals surface area contributed by atoms with Gasteiger partial charge >= 0.3 is 0 Å². The summed E-state index contributed by atoms with van der Waals surface area (Å²) in [4.78, 5) is 0. The van der Waals surface area contributed by atoms with Gasteiger partial charge in [0.2, 0.25) is 0 Å². The topological polar surface area (TPSA) is 38.0 Å². The van der Waals surface area contributed by atoms with E-state index in [1.54, 1.807) is 0 Å². The SMILES string of the molecule is Cc1cccc(C2=CC(N)CNC2)c1. The predicted molar refractivity (Wildman–Crippen MR) is 60.0 cm³/mol. The molecule has 14 heavy (non-hydrogen) atoms. The first-order chi connectivity index (χ1) is 6.75. The Morgan fingerprint density at radius 3 is 3.00 bits per heavy atom. The van der Waals surface area contributed by atoms with E-state index in [1.807, 2.05) is 0 Å². The Balaban J connectivity index is 2.30. The lowest BCUT2D eigenvalue weighted by Gasteiger charge is -2.19. The number of benzene rings is 1. The fraction of sp³-hybridized carbons (Fsp3) is 0.333. The van der Waals surface area contributed by atoms with Crippen molar-refractivity contribution in [3.8, 4) is 0 Å². The summed E-state index contributed by atoms with van der Waals surface area (Å²) < 4.78 is 0. The molecule has 1 aromatic carbocycles. The summed E-state index contributed by atoms with van der Waals surface area (Å²) >= 11 is 0. The van der Waals surface area contributed by atoms with E-state index in [9.17, 15) is 0 Å². The highest BCUT2D eigenvalue weighted by atomic mass is 14.9. The minimum atomic E-state index is 0.152. The molecule has 2 nitrogen and oxygen atoms in total. The van der Waals surface area contributed by atoms with Crippen LogP contribution in [0.3, 0.4) is 0 Å². The fourth-order valence-corrected chi connectivity index (χ4v) is 1.79. The number of hydrogen-bond acceptors (Lipinski definition) is 2. The van der Waals surface area contributed by atoms with Gasteiger partial charge in [0.15, 0.2) is 0 Å². The highest BCUT2D eigenvalue weighted by Gasteiger charge is 2.10. The Hall–Kier alpha value is -1.12. The molecule has 1 aromatic rings. The average molecular weight is 188 g/mol. The van der Waals surface area contributed by atoms with Crippen molar-refractivity contribution in [3.63, 3.8) is 0 Å². The van der Waals surface area contributed by atoms with Gasteiger partial charge in [-0.05, 0) is 18.1 Å². The van der Waals surface area contributed by atoms with E-state index in [1.165, 1.54) is 16.7 Å². The van der Waals surface area contributed by atoms with Crippen LogP contribution in [-0.4, -0.2) is 19.1 Å². The third-order valence-corrected chi connectivity index (χ3v) is 2.50. The molecule has 1 heterocycles. The third kappa shape index (κ3) is 2.03. The van der Waals surface area contributed by atoms with Gasteiger partial charge in [0, 0.05) is 19.1 Å². The van der Waals surface area contributed by atoms with Crippen LogP contribution in [0.5, 0.6) is 0 Å².